The summed E-state index contributed by atoms with van der Waals surface area (Å²) in [5, 5.41) is 3.11. The Hall–Kier alpha value is -3.56. The van der Waals surface area contributed by atoms with Crippen LogP contribution in [0.3, 0.4) is 0 Å². The number of benzene rings is 3. The van der Waals surface area contributed by atoms with Crippen LogP contribution in [0.5, 0.6) is 5.75 Å². The molecule has 0 spiro atoms. The van der Waals surface area contributed by atoms with E-state index in [2.05, 4.69) is 5.32 Å². The highest BCUT2D eigenvalue weighted by Gasteiger charge is 2.33. The number of anilines is 1. The highest BCUT2D eigenvalue weighted by molar-refractivity contribution is 7.92. The van der Waals surface area contributed by atoms with Gasteiger partial charge in [0.1, 0.15) is 18.3 Å². The van der Waals surface area contributed by atoms with Gasteiger partial charge in [0.15, 0.2) is 0 Å². The number of nitrogens with one attached hydrogen (secondary N) is 1. The predicted octanol–water partition coefficient (Wildman–Crippen LogP) is 5.49. The first-order chi connectivity index (χ1) is 19.1. The third kappa shape index (κ3) is 8.24. The van der Waals surface area contributed by atoms with E-state index >= 15 is 0 Å². The average Bonchev–Trinajstić information content (AvgIpc) is 2.90. The van der Waals surface area contributed by atoms with Crippen LogP contribution in [0.4, 0.5) is 5.69 Å². The van der Waals surface area contributed by atoms with Gasteiger partial charge in [0, 0.05) is 12.1 Å². The molecule has 0 saturated carbocycles. The highest BCUT2D eigenvalue weighted by atomic mass is 35.5. The number of hydrogen-bond donors (Lipinski definition) is 1. The zero-order valence-electron chi connectivity index (χ0n) is 24.6. The fourth-order valence-electron chi connectivity index (χ4n) is 4.12. The molecule has 1 atom stereocenters. The van der Waals surface area contributed by atoms with Gasteiger partial charge in [-0.15, -0.1) is 0 Å². The Bertz CT molecular complexity index is 1480. The van der Waals surface area contributed by atoms with Gasteiger partial charge >= 0.3 is 0 Å². The summed E-state index contributed by atoms with van der Waals surface area (Å²) in [4.78, 5) is 28.7. The number of carbonyl (C=O) groups excluding carboxylic acids is 2. The van der Waals surface area contributed by atoms with E-state index in [1.807, 2.05) is 58.9 Å². The van der Waals surface area contributed by atoms with Gasteiger partial charge in [0.05, 0.1) is 22.7 Å². The molecule has 0 radical (unpaired) electrons. The third-order valence-electron chi connectivity index (χ3n) is 6.45. The number of hydrogen-bond acceptors (Lipinski definition) is 5. The molecule has 0 fully saturated rings. The van der Waals surface area contributed by atoms with Crippen LogP contribution in [0.2, 0.25) is 5.02 Å². The van der Waals surface area contributed by atoms with Crippen LogP contribution in [0.1, 0.15) is 44.4 Å². The fourth-order valence-corrected chi connectivity index (χ4v) is 5.78. The summed E-state index contributed by atoms with van der Waals surface area (Å²) < 4.78 is 34.2. The first-order valence-electron chi connectivity index (χ1n) is 13.2. The first-order valence-corrected chi connectivity index (χ1v) is 15.0. The number of amides is 2. The van der Waals surface area contributed by atoms with Gasteiger partial charge in [-0.3, -0.25) is 13.9 Å². The van der Waals surface area contributed by atoms with E-state index in [-0.39, 0.29) is 28.1 Å². The lowest BCUT2D eigenvalue weighted by atomic mass is 10.1. The Morgan fingerprint density at radius 1 is 0.951 bits per heavy atom. The summed E-state index contributed by atoms with van der Waals surface area (Å²) in [5.41, 5.74) is 2.41. The van der Waals surface area contributed by atoms with Crippen molar-refractivity contribution in [3.63, 3.8) is 0 Å². The van der Waals surface area contributed by atoms with E-state index in [9.17, 15) is 18.0 Å². The summed E-state index contributed by atoms with van der Waals surface area (Å²) in [6.07, 6.45) is 0. The Balaban J connectivity index is 2.07. The molecule has 0 heterocycles. The molecule has 41 heavy (non-hydrogen) atoms. The number of methoxy groups -OCH3 is 1. The molecule has 0 unspecified atom stereocenters. The average molecular weight is 600 g/mol. The second kappa shape index (κ2) is 13.0. The smallest absolute Gasteiger partial charge is 0.264 e. The second-order valence-electron chi connectivity index (χ2n) is 11.1. The predicted molar refractivity (Wildman–Crippen MR) is 163 cm³/mol. The van der Waals surface area contributed by atoms with Crippen molar-refractivity contribution in [3.05, 3.63) is 88.4 Å². The van der Waals surface area contributed by atoms with Gasteiger partial charge in [0.2, 0.25) is 11.8 Å². The van der Waals surface area contributed by atoms with Crippen molar-refractivity contribution in [1.29, 1.82) is 0 Å². The summed E-state index contributed by atoms with van der Waals surface area (Å²) in [5.74, 6) is -0.536. The summed E-state index contributed by atoms with van der Waals surface area (Å²) in [6.45, 7) is 10.6. The van der Waals surface area contributed by atoms with Crippen molar-refractivity contribution in [3.8, 4) is 5.75 Å². The van der Waals surface area contributed by atoms with Gasteiger partial charge in [-0.25, -0.2) is 8.42 Å². The summed E-state index contributed by atoms with van der Waals surface area (Å²) in [7, 11) is -2.75. The minimum atomic E-state index is -4.20. The minimum absolute atomic E-state index is 0.0199. The maximum absolute atomic E-state index is 14.0. The van der Waals surface area contributed by atoms with Gasteiger partial charge in [-0.2, -0.15) is 0 Å². The zero-order chi connectivity index (χ0) is 30.5. The third-order valence-corrected chi connectivity index (χ3v) is 8.53. The van der Waals surface area contributed by atoms with Crippen molar-refractivity contribution >= 4 is 39.1 Å². The maximum atomic E-state index is 14.0. The maximum Gasteiger partial charge on any atom is 0.264 e. The van der Waals surface area contributed by atoms with Crippen molar-refractivity contribution in [2.75, 3.05) is 18.0 Å². The van der Waals surface area contributed by atoms with E-state index < -0.39 is 34.1 Å². The van der Waals surface area contributed by atoms with E-state index in [0.29, 0.717) is 5.75 Å². The number of halogens is 1. The molecule has 0 aliphatic carbocycles. The molecule has 0 aliphatic rings. The number of aryl methyl sites for hydroxylation is 2. The molecule has 220 valence electrons. The van der Waals surface area contributed by atoms with Crippen LogP contribution >= 0.6 is 11.6 Å². The topological polar surface area (TPSA) is 96.0 Å². The molecule has 0 bridgehead atoms. The van der Waals surface area contributed by atoms with Gasteiger partial charge in [0.25, 0.3) is 10.0 Å². The fraction of sp³-hybridized carbons (Fsp3) is 0.355. The second-order valence-corrected chi connectivity index (χ2v) is 13.3. The molecule has 0 aliphatic heterocycles. The number of sulfonamides is 1. The van der Waals surface area contributed by atoms with Crippen LogP contribution in [-0.2, 0) is 26.2 Å². The quantitative estimate of drug-likeness (QED) is 0.332. The number of rotatable bonds is 10. The molecular weight excluding hydrogens is 562 g/mol. The van der Waals surface area contributed by atoms with E-state index in [1.54, 1.807) is 25.1 Å². The molecule has 1 N–H and O–H groups in total. The Morgan fingerprint density at radius 3 is 2.02 bits per heavy atom. The largest absolute Gasteiger partial charge is 0.495 e. The van der Waals surface area contributed by atoms with Crippen molar-refractivity contribution in [1.82, 2.24) is 10.2 Å². The Kier molecular flexibility index (Phi) is 10.1. The highest BCUT2D eigenvalue weighted by Crippen LogP contribution is 2.32. The van der Waals surface area contributed by atoms with Crippen LogP contribution in [0.25, 0.3) is 0 Å². The molecule has 2 amide bonds. The van der Waals surface area contributed by atoms with Gasteiger partial charge < -0.3 is 15.0 Å². The van der Waals surface area contributed by atoms with Crippen LogP contribution in [-0.4, -0.2) is 50.4 Å². The molecule has 0 aromatic heterocycles. The van der Waals surface area contributed by atoms with Crippen molar-refractivity contribution in [2.45, 2.75) is 64.6 Å². The van der Waals surface area contributed by atoms with E-state index in [1.165, 1.54) is 36.3 Å². The molecule has 3 aromatic carbocycles. The number of nitrogens with zero attached hydrogens (tertiary/aromatic N) is 2. The summed E-state index contributed by atoms with van der Waals surface area (Å²) in [6, 6.07) is 17.6. The molecule has 8 nitrogen and oxygen atoms in total. The normalized spacial score (nSPS) is 12.4. The van der Waals surface area contributed by atoms with Gasteiger partial charge in [-0.05, 0) is 77.4 Å². The summed E-state index contributed by atoms with van der Waals surface area (Å²) >= 11 is 6.37. The molecular formula is C31H38ClN3O5S. The lowest BCUT2D eigenvalue weighted by Crippen LogP contribution is -2.54. The zero-order valence-corrected chi connectivity index (χ0v) is 26.1. The van der Waals surface area contributed by atoms with Crippen LogP contribution < -0.4 is 14.4 Å². The molecule has 0 saturated heterocycles. The van der Waals surface area contributed by atoms with E-state index in [0.717, 1.165) is 21.0 Å². The SMILES string of the molecule is COc1ccc(N(CC(=O)N(Cc2ccc(C)cc2)[C@@H](C)C(=O)NC(C)(C)C)S(=O)(=O)c2ccc(C)cc2)cc1Cl. The minimum Gasteiger partial charge on any atom is -0.495 e. The van der Waals surface area contributed by atoms with E-state index in [4.69, 9.17) is 16.3 Å². The standard InChI is InChI=1S/C31H38ClN3O5S/c1-21-8-12-24(13-9-21)19-34(23(3)30(37)33-31(4,5)6)29(36)20-35(25-14-17-28(40-7)27(32)18-25)41(38,39)26-15-10-22(2)11-16-26/h8-18,23H,19-20H2,1-7H3,(H,33,37)/t23-/m0/s1. The first kappa shape index (κ1) is 32.0. The monoisotopic (exact) mass is 599 g/mol. The molecule has 3 rings (SSSR count). The number of ether oxygens (including phenoxy) is 1. The van der Waals surface area contributed by atoms with Crippen molar-refractivity contribution in [2.24, 2.45) is 0 Å². The van der Waals surface area contributed by atoms with Crippen LogP contribution in [0.15, 0.2) is 71.6 Å². The number of carbonyl (C=O) groups is 2. The lowest BCUT2D eigenvalue weighted by molar-refractivity contribution is -0.140. The van der Waals surface area contributed by atoms with Crippen LogP contribution in [0, 0.1) is 13.8 Å². The van der Waals surface area contributed by atoms with Gasteiger partial charge in [-0.1, -0.05) is 59.1 Å². The Labute approximate surface area is 248 Å². The molecule has 3 aromatic rings. The Morgan fingerprint density at radius 2 is 1.51 bits per heavy atom. The van der Waals surface area contributed by atoms with Crippen molar-refractivity contribution < 1.29 is 22.7 Å². The molecule has 10 heteroatoms. The lowest BCUT2D eigenvalue weighted by Gasteiger charge is -2.33.